The largest absolute Gasteiger partial charge is 0.480 e. The Bertz CT molecular complexity index is 221. The molecule has 0 fully saturated rings. The first-order valence-corrected chi connectivity index (χ1v) is 3.70. The van der Waals surface area contributed by atoms with E-state index in [9.17, 15) is 9.59 Å². The standard InChI is InChI=1S/C9H12O4.Ag/c1-3-5-9(6-4-2,7(10)11)8(12)13;/h3-4H,1-2,5-6H2,(H,10,11)(H,12,13);. The van der Waals surface area contributed by atoms with Crippen molar-refractivity contribution < 1.29 is 42.2 Å². The summed E-state index contributed by atoms with van der Waals surface area (Å²) in [5.74, 6) is -2.72. The third kappa shape index (κ3) is 3.14. The quantitative estimate of drug-likeness (QED) is 0.439. The first-order chi connectivity index (χ1) is 6.01. The van der Waals surface area contributed by atoms with Gasteiger partial charge in [-0.2, -0.15) is 0 Å². The van der Waals surface area contributed by atoms with Gasteiger partial charge in [-0.25, -0.2) is 0 Å². The number of hydrogen-bond acceptors (Lipinski definition) is 2. The molecule has 83 valence electrons. The van der Waals surface area contributed by atoms with Gasteiger partial charge in [-0.15, -0.1) is 13.2 Å². The molecule has 0 spiro atoms. The van der Waals surface area contributed by atoms with Gasteiger partial charge in [0, 0.05) is 22.4 Å². The normalized spacial score (nSPS) is 9.71. The molecule has 14 heavy (non-hydrogen) atoms. The van der Waals surface area contributed by atoms with Crippen molar-refractivity contribution in [3.8, 4) is 0 Å². The van der Waals surface area contributed by atoms with E-state index in [1.807, 2.05) is 0 Å². The predicted molar refractivity (Wildman–Crippen MR) is 47.3 cm³/mol. The van der Waals surface area contributed by atoms with Gasteiger partial charge in [0.25, 0.3) is 0 Å². The van der Waals surface area contributed by atoms with Gasteiger partial charge in [-0.1, -0.05) is 12.2 Å². The summed E-state index contributed by atoms with van der Waals surface area (Å²) in [5.41, 5.74) is -1.80. The second-order valence-corrected chi connectivity index (χ2v) is 2.68. The molecule has 0 saturated heterocycles. The van der Waals surface area contributed by atoms with E-state index in [0.29, 0.717) is 0 Å². The molecule has 0 aliphatic carbocycles. The van der Waals surface area contributed by atoms with Gasteiger partial charge >= 0.3 is 11.9 Å². The maximum absolute atomic E-state index is 10.8. The van der Waals surface area contributed by atoms with Gasteiger partial charge in [0.1, 0.15) is 0 Å². The molecular formula is C9H12AgO4. The molecule has 0 aliphatic rings. The SMILES string of the molecule is C=CCC(CC=C)(C(=O)O)C(=O)O.[Ag]. The smallest absolute Gasteiger partial charge is 0.321 e. The van der Waals surface area contributed by atoms with Crippen molar-refractivity contribution in [3.63, 3.8) is 0 Å². The molecule has 0 atom stereocenters. The number of carboxylic acids is 2. The number of carboxylic acid groups (broad SMARTS) is 2. The van der Waals surface area contributed by atoms with Crippen molar-refractivity contribution in [1.82, 2.24) is 0 Å². The van der Waals surface area contributed by atoms with Crippen molar-refractivity contribution in [1.29, 1.82) is 0 Å². The summed E-state index contributed by atoms with van der Waals surface area (Å²) >= 11 is 0. The minimum Gasteiger partial charge on any atom is -0.480 e. The van der Waals surface area contributed by atoms with Crippen LogP contribution in [0.25, 0.3) is 0 Å². The molecule has 0 aromatic rings. The number of hydrogen-bond donors (Lipinski definition) is 2. The van der Waals surface area contributed by atoms with Gasteiger partial charge in [0.05, 0.1) is 0 Å². The molecule has 5 heteroatoms. The van der Waals surface area contributed by atoms with Gasteiger partial charge in [-0.3, -0.25) is 9.59 Å². The minimum atomic E-state index is -1.80. The van der Waals surface area contributed by atoms with Crippen molar-refractivity contribution in [2.24, 2.45) is 5.41 Å². The molecule has 0 amide bonds. The topological polar surface area (TPSA) is 74.6 Å². The van der Waals surface area contributed by atoms with Crippen molar-refractivity contribution in [2.75, 3.05) is 0 Å². The Morgan fingerprint density at radius 1 is 1.07 bits per heavy atom. The Kier molecular flexibility index (Phi) is 7.35. The van der Waals surface area contributed by atoms with Crippen LogP contribution in [0.3, 0.4) is 0 Å². The first kappa shape index (κ1) is 15.6. The molecule has 0 aromatic heterocycles. The van der Waals surface area contributed by atoms with Crippen molar-refractivity contribution in [3.05, 3.63) is 25.3 Å². The zero-order chi connectivity index (χ0) is 10.5. The van der Waals surface area contributed by atoms with Gasteiger partial charge in [0.15, 0.2) is 5.41 Å². The molecule has 0 saturated carbocycles. The molecular weight excluding hydrogens is 280 g/mol. The Morgan fingerprint density at radius 2 is 1.36 bits per heavy atom. The number of rotatable bonds is 6. The number of allylic oxidation sites excluding steroid dienone is 2. The van der Waals surface area contributed by atoms with E-state index in [1.165, 1.54) is 12.2 Å². The van der Waals surface area contributed by atoms with Gasteiger partial charge in [-0.05, 0) is 12.8 Å². The fourth-order valence-electron chi connectivity index (χ4n) is 1.02. The third-order valence-corrected chi connectivity index (χ3v) is 1.80. The molecule has 0 unspecified atom stereocenters. The first-order valence-electron chi connectivity index (χ1n) is 3.70. The van der Waals surface area contributed by atoms with Crippen LogP contribution in [0.15, 0.2) is 25.3 Å². The second kappa shape index (κ2) is 6.59. The molecule has 4 nitrogen and oxygen atoms in total. The fourth-order valence-corrected chi connectivity index (χ4v) is 1.02. The molecule has 2 N–H and O–H groups in total. The fraction of sp³-hybridized carbons (Fsp3) is 0.333. The average molecular weight is 292 g/mol. The number of carbonyl (C=O) groups is 2. The summed E-state index contributed by atoms with van der Waals surface area (Å²) in [6.45, 7) is 6.66. The van der Waals surface area contributed by atoms with Gasteiger partial charge in [0.2, 0.25) is 0 Å². The minimum absolute atomic E-state index is 0. The molecule has 0 aliphatic heterocycles. The maximum atomic E-state index is 10.8. The molecule has 0 bridgehead atoms. The van der Waals surface area contributed by atoms with Crippen LogP contribution in [-0.4, -0.2) is 22.2 Å². The van der Waals surface area contributed by atoms with Crippen LogP contribution in [0.1, 0.15) is 12.8 Å². The van der Waals surface area contributed by atoms with E-state index >= 15 is 0 Å². The second-order valence-electron chi connectivity index (χ2n) is 2.68. The molecule has 0 rings (SSSR count). The molecule has 0 aromatic carbocycles. The van der Waals surface area contributed by atoms with E-state index in [2.05, 4.69) is 13.2 Å². The zero-order valence-electron chi connectivity index (χ0n) is 7.50. The summed E-state index contributed by atoms with van der Waals surface area (Å²) in [5, 5.41) is 17.6. The van der Waals surface area contributed by atoms with Crippen LogP contribution >= 0.6 is 0 Å². The third-order valence-electron chi connectivity index (χ3n) is 1.80. The summed E-state index contributed by atoms with van der Waals surface area (Å²) < 4.78 is 0. The van der Waals surface area contributed by atoms with Crippen molar-refractivity contribution in [2.45, 2.75) is 12.8 Å². The van der Waals surface area contributed by atoms with E-state index in [0.717, 1.165) is 0 Å². The van der Waals surface area contributed by atoms with Crippen LogP contribution in [0.5, 0.6) is 0 Å². The van der Waals surface area contributed by atoms with Crippen LogP contribution < -0.4 is 0 Å². The Labute approximate surface area is 97.8 Å². The Balaban J connectivity index is 0. The van der Waals surface area contributed by atoms with Crippen molar-refractivity contribution >= 4 is 11.9 Å². The zero-order valence-corrected chi connectivity index (χ0v) is 8.98. The van der Waals surface area contributed by atoms with E-state index in [4.69, 9.17) is 10.2 Å². The summed E-state index contributed by atoms with van der Waals surface area (Å²) in [6.07, 6.45) is 2.35. The summed E-state index contributed by atoms with van der Waals surface area (Å²) in [4.78, 5) is 21.5. The van der Waals surface area contributed by atoms with E-state index in [1.54, 1.807) is 0 Å². The van der Waals surface area contributed by atoms with Crippen LogP contribution in [0.2, 0.25) is 0 Å². The number of aliphatic carboxylic acids is 2. The van der Waals surface area contributed by atoms with E-state index in [-0.39, 0.29) is 35.2 Å². The van der Waals surface area contributed by atoms with Crippen LogP contribution in [0, 0.1) is 5.41 Å². The van der Waals surface area contributed by atoms with Crippen LogP contribution in [0.4, 0.5) is 0 Å². The molecule has 1 radical (unpaired) electrons. The van der Waals surface area contributed by atoms with Gasteiger partial charge < -0.3 is 10.2 Å². The van der Waals surface area contributed by atoms with Crippen LogP contribution in [-0.2, 0) is 32.0 Å². The average Bonchev–Trinajstić information content (AvgIpc) is 2.03. The Morgan fingerprint density at radius 3 is 1.50 bits per heavy atom. The predicted octanol–water partition coefficient (Wildman–Crippen LogP) is 1.29. The summed E-state index contributed by atoms with van der Waals surface area (Å²) in [7, 11) is 0. The van der Waals surface area contributed by atoms with E-state index < -0.39 is 17.4 Å². The maximum Gasteiger partial charge on any atom is 0.321 e. The Hall–Kier alpha value is -0.840. The summed E-state index contributed by atoms with van der Waals surface area (Å²) in [6, 6.07) is 0. The molecule has 0 heterocycles. The monoisotopic (exact) mass is 291 g/mol.